The Kier molecular flexibility index (Phi) is 4.43. The highest BCUT2D eigenvalue weighted by Gasteiger charge is 2.23. The molecule has 1 unspecified atom stereocenters. The molecule has 1 aliphatic heterocycles. The highest BCUT2D eigenvalue weighted by atomic mass is 32.1. The van der Waals surface area contributed by atoms with Crippen molar-refractivity contribution in [3.63, 3.8) is 0 Å². The number of aryl methyl sites for hydroxylation is 2. The third kappa shape index (κ3) is 3.05. The zero-order valence-electron chi connectivity index (χ0n) is 12.9. The Balaban J connectivity index is 1.91. The largest absolute Gasteiger partial charge is 0.389 e. The summed E-state index contributed by atoms with van der Waals surface area (Å²) in [5.41, 5.74) is 9.57. The van der Waals surface area contributed by atoms with Gasteiger partial charge in [-0.05, 0) is 56.1 Å². The lowest BCUT2D eigenvalue weighted by atomic mass is 9.98. The second-order valence-electron chi connectivity index (χ2n) is 6.38. The number of nitrogens with two attached hydrogens (primary N) is 1. The molecule has 1 aromatic heterocycles. The topological polar surface area (TPSA) is 42.2 Å². The van der Waals surface area contributed by atoms with Crippen LogP contribution >= 0.6 is 12.2 Å². The lowest BCUT2D eigenvalue weighted by molar-refractivity contribution is 0.459. The van der Waals surface area contributed by atoms with Crippen molar-refractivity contribution in [2.24, 2.45) is 11.7 Å². The van der Waals surface area contributed by atoms with E-state index in [-0.39, 0.29) is 0 Å². The molecule has 0 saturated carbocycles. The van der Waals surface area contributed by atoms with Gasteiger partial charge in [0.25, 0.3) is 0 Å². The summed E-state index contributed by atoms with van der Waals surface area (Å²) >= 11 is 5.28. The van der Waals surface area contributed by atoms with E-state index < -0.39 is 0 Å². The standard InChI is InChI=1S/C17H25N3S/c1-2-12-5-4-9-20(10-8-12)17-14(16(18)21)11-13-6-3-7-15(13)19-17/h11-12H,2-10H2,1H3,(H2,18,21). The Morgan fingerprint density at radius 2 is 2.19 bits per heavy atom. The summed E-state index contributed by atoms with van der Waals surface area (Å²) in [5.74, 6) is 1.90. The van der Waals surface area contributed by atoms with Crippen molar-refractivity contribution in [2.75, 3.05) is 18.0 Å². The number of rotatable bonds is 3. The van der Waals surface area contributed by atoms with Crippen LogP contribution in [0.3, 0.4) is 0 Å². The lowest BCUT2D eigenvalue weighted by Crippen LogP contribution is -2.29. The molecule has 2 aliphatic rings. The van der Waals surface area contributed by atoms with E-state index in [0.717, 1.165) is 43.2 Å². The molecule has 1 aliphatic carbocycles. The van der Waals surface area contributed by atoms with Crippen LogP contribution in [0.4, 0.5) is 5.82 Å². The second kappa shape index (κ2) is 6.30. The first-order valence-electron chi connectivity index (χ1n) is 8.26. The molecule has 4 heteroatoms. The van der Waals surface area contributed by atoms with Gasteiger partial charge in [-0.1, -0.05) is 25.6 Å². The quantitative estimate of drug-likeness (QED) is 0.871. The average Bonchev–Trinajstić information content (AvgIpc) is 2.80. The predicted molar refractivity (Wildman–Crippen MR) is 92.0 cm³/mol. The summed E-state index contributed by atoms with van der Waals surface area (Å²) in [4.78, 5) is 7.86. The third-order valence-corrected chi connectivity index (χ3v) is 5.24. The van der Waals surface area contributed by atoms with E-state index >= 15 is 0 Å². The molecule has 3 rings (SSSR count). The molecule has 2 N–H and O–H groups in total. The summed E-state index contributed by atoms with van der Waals surface area (Å²) in [7, 11) is 0. The minimum absolute atomic E-state index is 0.489. The first-order valence-corrected chi connectivity index (χ1v) is 8.67. The molecule has 3 nitrogen and oxygen atoms in total. The number of hydrogen-bond acceptors (Lipinski definition) is 3. The van der Waals surface area contributed by atoms with E-state index in [0.29, 0.717) is 4.99 Å². The van der Waals surface area contributed by atoms with E-state index in [1.54, 1.807) is 0 Å². The van der Waals surface area contributed by atoms with Crippen LogP contribution in [-0.2, 0) is 12.8 Å². The molecule has 21 heavy (non-hydrogen) atoms. The van der Waals surface area contributed by atoms with Crippen molar-refractivity contribution in [1.82, 2.24) is 4.98 Å². The van der Waals surface area contributed by atoms with Crippen molar-refractivity contribution in [3.05, 3.63) is 22.9 Å². The fraction of sp³-hybridized carbons (Fsp3) is 0.647. The Hall–Kier alpha value is -1.16. The van der Waals surface area contributed by atoms with Crippen molar-refractivity contribution >= 4 is 23.0 Å². The van der Waals surface area contributed by atoms with Crippen LogP contribution in [-0.4, -0.2) is 23.1 Å². The van der Waals surface area contributed by atoms with Gasteiger partial charge in [-0.2, -0.15) is 0 Å². The third-order valence-electron chi connectivity index (χ3n) is 5.02. The molecule has 0 amide bonds. The summed E-state index contributed by atoms with van der Waals surface area (Å²) in [6.45, 7) is 4.46. The minimum atomic E-state index is 0.489. The molecule has 1 saturated heterocycles. The predicted octanol–water partition coefficient (Wildman–Crippen LogP) is 3.22. The first-order chi connectivity index (χ1) is 10.2. The highest BCUT2D eigenvalue weighted by Crippen LogP contribution is 2.30. The molecule has 114 valence electrons. The van der Waals surface area contributed by atoms with Crippen LogP contribution in [0.1, 0.15) is 55.8 Å². The summed E-state index contributed by atoms with van der Waals surface area (Å²) < 4.78 is 0. The van der Waals surface area contributed by atoms with E-state index in [1.807, 2.05) is 0 Å². The lowest BCUT2D eigenvalue weighted by Gasteiger charge is -2.25. The van der Waals surface area contributed by atoms with Crippen LogP contribution < -0.4 is 10.6 Å². The maximum atomic E-state index is 5.97. The molecule has 1 atom stereocenters. The van der Waals surface area contributed by atoms with Crippen LogP contribution in [0.2, 0.25) is 0 Å². The summed E-state index contributed by atoms with van der Waals surface area (Å²) in [5, 5.41) is 0. The fourth-order valence-electron chi connectivity index (χ4n) is 3.67. The van der Waals surface area contributed by atoms with Gasteiger partial charge in [-0.25, -0.2) is 4.98 Å². The van der Waals surface area contributed by atoms with Crippen molar-refractivity contribution < 1.29 is 0 Å². The number of anilines is 1. The number of pyridine rings is 1. The van der Waals surface area contributed by atoms with Gasteiger partial charge in [-0.3, -0.25) is 0 Å². The maximum Gasteiger partial charge on any atom is 0.139 e. The minimum Gasteiger partial charge on any atom is -0.389 e. The Labute approximate surface area is 132 Å². The van der Waals surface area contributed by atoms with Gasteiger partial charge in [0.1, 0.15) is 10.8 Å². The van der Waals surface area contributed by atoms with Crippen LogP contribution in [0.25, 0.3) is 0 Å². The van der Waals surface area contributed by atoms with Gasteiger partial charge < -0.3 is 10.6 Å². The van der Waals surface area contributed by atoms with Gasteiger partial charge in [0, 0.05) is 18.8 Å². The number of nitrogens with zero attached hydrogens (tertiary/aromatic N) is 2. The SMILES string of the molecule is CCC1CCCN(c2nc3c(cc2C(N)=S)CCC3)CC1. The van der Waals surface area contributed by atoms with E-state index in [9.17, 15) is 0 Å². The Morgan fingerprint density at radius 1 is 1.33 bits per heavy atom. The smallest absolute Gasteiger partial charge is 0.139 e. The zero-order valence-corrected chi connectivity index (χ0v) is 13.7. The normalized spacial score (nSPS) is 22.0. The van der Waals surface area contributed by atoms with Gasteiger partial charge >= 0.3 is 0 Å². The van der Waals surface area contributed by atoms with Crippen molar-refractivity contribution in [3.8, 4) is 0 Å². The Morgan fingerprint density at radius 3 is 2.95 bits per heavy atom. The number of thiocarbonyl (C=S) groups is 1. The van der Waals surface area contributed by atoms with Crippen molar-refractivity contribution in [2.45, 2.75) is 51.9 Å². The van der Waals surface area contributed by atoms with Crippen LogP contribution in [0, 0.1) is 5.92 Å². The zero-order chi connectivity index (χ0) is 14.8. The molecule has 0 bridgehead atoms. The van der Waals surface area contributed by atoms with Crippen LogP contribution in [0.15, 0.2) is 6.07 Å². The molecule has 1 aromatic rings. The molecule has 0 aromatic carbocycles. The fourth-order valence-corrected chi connectivity index (χ4v) is 3.82. The second-order valence-corrected chi connectivity index (χ2v) is 6.82. The van der Waals surface area contributed by atoms with E-state index in [1.165, 1.54) is 43.4 Å². The van der Waals surface area contributed by atoms with Gasteiger partial charge in [0.15, 0.2) is 0 Å². The van der Waals surface area contributed by atoms with E-state index in [2.05, 4.69) is 17.9 Å². The van der Waals surface area contributed by atoms with Gasteiger partial charge in [-0.15, -0.1) is 0 Å². The molecule has 0 spiro atoms. The Bertz CT molecular complexity index is 541. The van der Waals surface area contributed by atoms with Gasteiger partial charge in [0.05, 0.1) is 5.56 Å². The van der Waals surface area contributed by atoms with Gasteiger partial charge in [0.2, 0.25) is 0 Å². The van der Waals surface area contributed by atoms with Crippen LogP contribution in [0.5, 0.6) is 0 Å². The molecule has 2 heterocycles. The first kappa shape index (κ1) is 14.8. The molecule has 0 radical (unpaired) electrons. The molecular weight excluding hydrogens is 278 g/mol. The summed E-state index contributed by atoms with van der Waals surface area (Å²) in [6, 6.07) is 2.20. The van der Waals surface area contributed by atoms with Crippen molar-refractivity contribution in [1.29, 1.82) is 0 Å². The number of fused-ring (bicyclic) bond motifs is 1. The average molecular weight is 303 g/mol. The highest BCUT2D eigenvalue weighted by molar-refractivity contribution is 7.80. The summed E-state index contributed by atoms with van der Waals surface area (Å²) in [6.07, 6.45) is 8.55. The number of hydrogen-bond donors (Lipinski definition) is 1. The molecular formula is C17H25N3S. The number of aromatic nitrogens is 1. The maximum absolute atomic E-state index is 5.97. The van der Waals surface area contributed by atoms with E-state index in [4.69, 9.17) is 22.9 Å². The molecule has 1 fully saturated rings. The monoisotopic (exact) mass is 303 g/mol.